The first-order chi connectivity index (χ1) is 9.10. The van der Waals surface area contributed by atoms with Crippen LogP contribution in [0.5, 0.6) is 0 Å². The van der Waals surface area contributed by atoms with Gasteiger partial charge in [-0.3, -0.25) is 0 Å². The minimum atomic E-state index is 0.235. The van der Waals surface area contributed by atoms with Gasteiger partial charge in [-0.25, -0.2) is 0 Å². The molecule has 0 bridgehead atoms. The lowest BCUT2D eigenvalue weighted by Crippen LogP contribution is -2.11. The molecule has 0 aliphatic carbocycles. The fourth-order valence-electron chi connectivity index (χ4n) is 2.07. The highest BCUT2D eigenvalue weighted by Crippen LogP contribution is 2.26. The Balaban J connectivity index is 2.24. The second-order valence-corrected chi connectivity index (χ2v) is 5.15. The van der Waals surface area contributed by atoms with E-state index >= 15 is 0 Å². The molecular formula is C16H22N2O. The Labute approximate surface area is 115 Å². The van der Waals surface area contributed by atoms with Gasteiger partial charge in [-0.05, 0) is 51.8 Å². The van der Waals surface area contributed by atoms with Gasteiger partial charge in [0.15, 0.2) is 0 Å². The molecule has 19 heavy (non-hydrogen) atoms. The van der Waals surface area contributed by atoms with Gasteiger partial charge in [-0.2, -0.15) is 0 Å². The summed E-state index contributed by atoms with van der Waals surface area (Å²) in [5.41, 5.74) is 2.43. The fraction of sp³-hybridized carbons (Fsp3) is 0.375. The third kappa shape index (κ3) is 3.46. The number of furan rings is 1. The maximum atomic E-state index is 5.91. The number of nitrogens with one attached hydrogen (secondary N) is 1. The van der Waals surface area contributed by atoms with Crippen LogP contribution in [0.3, 0.4) is 0 Å². The minimum absolute atomic E-state index is 0.235. The average Bonchev–Trinajstić information content (AvgIpc) is 2.87. The molecular weight excluding hydrogens is 236 g/mol. The standard InChI is InChI=1S/C16H22N2O/c1-12(17-2)15-8-9-16(19-15)14-7-5-6-13(10-14)11-18(3)4/h5-10,12,17H,11H2,1-4H3. The Kier molecular flexibility index (Phi) is 4.40. The number of rotatable bonds is 5. The van der Waals surface area contributed by atoms with Crippen LogP contribution >= 0.6 is 0 Å². The van der Waals surface area contributed by atoms with E-state index in [1.54, 1.807) is 0 Å². The molecule has 0 aliphatic rings. The summed E-state index contributed by atoms with van der Waals surface area (Å²) in [4.78, 5) is 2.16. The molecule has 1 N–H and O–H groups in total. The van der Waals surface area contributed by atoms with Crippen molar-refractivity contribution in [3.63, 3.8) is 0 Å². The van der Waals surface area contributed by atoms with E-state index in [9.17, 15) is 0 Å². The Morgan fingerprint density at radius 2 is 2.00 bits per heavy atom. The van der Waals surface area contributed by atoms with Gasteiger partial charge in [0.05, 0.1) is 6.04 Å². The van der Waals surface area contributed by atoms with Crippen molar-refractivity contribution < 1.29 is 4.42 Å². The van der Waals surface area contributed by atoms with Crippen LogP contribution in [0.2, 0.25) is 0 Å². The van der Waals surface area contributed by atoms with E-state index in [0.717, 1.165) is 23.6 Å². The molecule has 1 heterocycles. The lowest BCUT2D eigenvalue weighted by Gasteiger charge is -2.10. The molecule has 0 amide bonds. The molecule has 2 rings (SSSR count). The van der Waals surface area contributed by atoms with Crippen LogP contribution in [0.25, 0.3) is 11.3 Å². The van der Waals surface area contributed by atoms with Crippen molar-refractivity contribution in [3.05, 3.63) is 47.7 Å². The summed E-state index contributed by atoms with van der Waals surface area (Å²) in [6.07, 6.45) is 0. The van der Waals surface area contributed by atoms with Crippen LogP contribution in [0.4, 0.5) is 0 Å². The summed E-state index contributed by atoms with van der Waals surface area (Å²) < 4.78 is 5.91. The van der Waals surface area contributed by atoms with Gasteiger partial charge < -0.3 is 14.6 Å². The van der Waals surface area contributed by atoms with Crippen molar-refractivity contribution in [1.82, 2.24) is 10.2 Å². The highest BCUT2D eigenvalue weighted by molar-refractivity contribution is 5.58. The molecule has 1 aromatic carbocycles. The first-order valence-corrected chi connectivity index (χ1v) is 6.61. The summed E-state index contributed by atoms with van der Waals surface area (Å²) in [7, 11) is 6.09. The van der Waals surface area contributed by atoms with Gasteiger partial charge in [0.1, 0.15) is 11.5 Å². The van der Waals surface area contributed by atoms with E-state index in [0.29, 0.717) is 0 Å². The predicted octanol–water partition coefficient (Wildman–Crippen LogP) is 3.29. The largest absolute Gasteiger partial charge is 0.459 e. The topological polar surface area (TPSA) is 28.4 Å². The van der Waals surface area contributed by atoms with Crippen LogP contribution < -0.4 is 5.32 Å². The summed E-state index contributed by atoms with van der Waals surface area (Å²) in [5, 5.41) is 3.18. The third-order valence-electron chi connectivity index (χ3n) is 3.20. The van der Waals surface area contributed by atoms with Crippen LogP contribution in [-0.2, 0) is 6.54 Å². The molecule has 3 heteroatoms. The normalized spacial score (nSPS) is 12.9. The Bertz CT molecular complexity index is 531. The molecule has 0 fully saturated rings. The maximum absolute atomic E-state index is 5.91. The Hall–Kier alpha value is -1.58. The first kappa shape index (κ1) is 13.8. The second-order valence-electron chi connectivity index (χ2n) is 5.15. The quantitative estimate of drug-likeness (QED) is 0.892. The van der Waals surface area contributed by atoms with E-state index in [2.05, 4.69) is 55.5 Å². The van der Waals surface area contributed by atoms with Crippen molar-refractivity contribution in [2.45, 2.75) is 19.5 Å². The van der Waals surface area contributed by atoms with Crippen LogP contribution in [0, 0.1) is 0 Å². The smallest absolute Gasteiger partial charge is 0.134 e. The highest BCUT2D eigenvalue weighted by Gasteiger charge is 2.10. The van der Waals surface area contributed by atoms with Gasteiger partial charge in [0.2, 0.25) is 0 Å². The van der Waals surface area contributed by atoms with Crippen LogP contribution in [-0.4, -0.2) is 26.0 Å². The zero-order valence-electron chi connectivity index (χ0n) is 12.1. The third-order valence-corrected chi connectivity index (χ3v) is 3.20. The van der Waals surface area contributed by atoms with E-state index < -0.39 is 0 Å². The SMILES string of the molecule is CNC(C)c1ccc(-c2cccc(CN(C)C)c2)o1. The lowest BCUT2D eigenvalue weighted by atomic mass is 10.1. The summed E-state index contributed by atoms with van der Waals surface area (Å²) in [5.74, 6) is 1.90. The van der Waals surface area contributed by atoms with Crippen molar-refractivity contribution in [3.8, 4) is 11.3 Å². The van der Waals surface area contributed by atoms with Crippen molar-refractivity contribution in [2.24, 2.45) is 0 Å². The molecule has 0 radical (unpaired) electrons. The molecule has 0 saturated carbocycles. The number of hydrogen-bond acceptors (Lipinski definition) is 3. The monoisotopic (exact) mass is 258 g/mol. The first-order valence-electron chi connectivity index (χ1n) is 6.61. The van der Waals surface area contributed by atoms with Gasteiger partial charge in [0, 0.05) is 12.1 Å². The molecule has 1 atom stereocenters. The van der Waals surface area contributed by atoms with Crippen molar-refractivity contribution in [2.75, 3.05) is 21.1 Å². The number of nitrogens with zero attached hydrogens (tertiary/aromatic N) is 1. The molecule has 102 valence electrons. The van der Waals surface area contributed by atoms with Crippen molar-refractivity contribution >= 4 is 0 Å². The minimum Gasteiger partial charge on any atom is -0.459 e. The molecule has 0 aliphatic heterocycles. The van der Waals surface area contributed by atoms with Gasteiger partial charge in [-0.1, -0.05) is 18.2 Å². The van der Waals surface area contributed by atoms with Crippen LogP contribution in [0.15, 0.2) is 40.8 Å². The summed E-state index contributed by atoms with van der Waals surface area (Å²) >= 11 is 0. The zero-order chi connectivity index (χ0) is 13.8. The molecule has 2 aromatic rings. The van der Waals surface area contributed by atoms with Gasteiger partial charge in [-0.15, -0.1) is 0 Å². The van der Waals surface area contributed by atoms with E-state index in [4.69, 9.17) is 4.42 Å². The number of hydrogen-bond donors (Lipinski definition) is 1. The Morgan fingerprint density at radius 3 is 2.68 bits per heavy atom. The zero-order valence-corrected chi connectivity index (χ0v) is 12.1. The van der Waals surface area contributed by atoms with Gasteiger partial charge in [0.25, 0.3) is 0 Å². The second kappa shape index (κ2) is 6.04. The van der Waals surface area contributed by atoms with Gasteiger partial charge >= 0.3 is 0 Å². The molecule has 3 nitrogen and oxygen atoms in total. The highest BCUT2D eigenvalue weighted by atomic mass is 16.3. The predicted molar refractivity (Wildman–Crippen MR) is 79.0 cm³/mol. The van der Waals surface area contributed by atoms with E-state index in [1.165, 1.54) is 5.56 Å². The average molecular weight is 258 g/mol. The van der Waals surface area contributed by atoms with E-state index in [-0.39, 0.29) is 6.04 Å². The van der Waals surface area contributed by atoms with Crippen molar-refractivity contribution in [1.29, 1.82) is 0 Å². The summed E-state index contributed by atoms with van der Waals surface area (Å²) in [6.45, 7) is 3.03. The molecule has 1 aromatic heterocycles. The molecule has 1 unspecified atom stereocenters. The van der Waals surface area contributed by atoms with Crippen LogP contribution in [0.1, 0.15) is 24.3 Å². The number of benzene rings is 1. The van der Waals surface area contributed by atoms with E-state index in [1.807, 2.05) is 19.2 Å². The maximum Gasteiger partial charge on any atom is 0.134 e. The molecule has 0 saturated heterocycles. The fourth-order valence-corrected chi connectivity index (χ4v) is 2.07. The Morgan fingerprint density at radius 1 is 1.21 bits per heavy atom. The summed E-state index contributed by atoms with van der Waals surface area (Å²) in [6, 6.07) is 12.8. The molecule has 0 spiro atoms. The lowest BCUT2D eigenvalue weighted by molar-refractivity contribution is 0.402.